The Kier molecular flexibility index (Phi) is 9.56. The summed E-state index contributed by atoms with van der Waals surface area (Å²) >= 11 is 12.0. The molecule has 8 heteroatoms. The highest BCUT2D eigenvalue weighted by molar-refractivity contribution is 6.36. The minimum atomic E-state index is -0.788. The maximum atomic E-state index is 12.7. The van der Waals surface area contributed by atoms with E-state index in [4.69, 9.17) is 27.9 Å². The Labute approximate surface area is 192 Å². The van der Waals surface area contributed by atoms with Gasteiger partial charge < -0.3 is 10.1 Å². The molecule has 0 heterocycles. The number of ether oxygens (including phenoxy) is 1. The molecule has 2 N–H and O–H groups in total. The highest BCUT2D eigenvalue weighted by atomic mass is 35.5. The standard InChI is InChI=1S/C23H25Cl2N3O3/c1-4-11-31-21-8-6-5-7-16(21)14-26-28-23(30)20(12-15(2)3)27-22(29)18-10-9-17(24)13-19(18)25/h4-10,13-15,20H,1,11-12H2,2-3H3,(H,27,29)(H,28,30)/b26-14-/t20-/m1/s1. The van der Waals surface area contributed by atoms with E-state index in [1.807, 2.05) is 32.0 Å². The Morgan fingerprint density at radius 2 is 1.94 bits per heavy atom. The van der Waals surface area contributed by atoms with E-state index in [-0.39, 0.29) is 16.5 Å². The van der Waals surface area contributed by atoms with Crippen molar-refractivity contribution in [2.24, 2.45) is 11.0 Å². The molecule has 0 aliphatic heterocycles. The van der Waals surface area contributed by atoms with Gasteiger partial charge >= 0.3 is 0 Å². The van der Waals surface area contributed by atoms with Gasteiger partial charge in [-0.25, -0.2) is 5.43 Å². The molecule has 1 atom stereocenters. The highest BCUT2D eigenvalue weighted by Crippen LogP contribution is 2.21. The molecule has 164 valence electrons. The Bertz CT molecular complexity index is 961. The van der Waals surface area contributed by atoms with E-state index in [0.29, 0.717) is 29.4 Å². The van der Waals surface area contributed by atoms with Gasteiger partial charge in [0.15, 0.2) is 0 Å². The van der Waals surface area contributed by atoms with Crippen molar-refractivity contribution in [1.82, 2.24) is 10.7 Å². The van der Waals surface area contributed by atoms with Crippen LogP contribution < -0.4 is 15.5 Å². The Morgan fingerprint density at radius 3 is 2.61 bits per heavy atom. The molecular formula is C23H25Cl2N3O3. The predicted octanol–water partition coefficient (Wildman–Crippen LogP) is 4.85. The zero-order valence-corrected chi connectivity index (χ0v) is 18.9. The van der Waals surface area contributed by atoms with Crippen LogP contribution in [0.1, 0.15) is 36.2 Å². The van der Waals surface area contributed by atoms with Crippen LogP contribution in [0.2, 0.25) is 10.0 Å². The van der Waals surface area contributed by atoms with Crippen LogP contribution in [-0.4, -0.2) is 30.7 Å². The molecule has 0 saturated carbocycles. The third kappa shape index (κ3) is 7.74. The van der Waals surface area contributed by atoms with E-state index in [1.165, 1.54) is 18.3 Å². The summed E-state index contributed by atoms with van der Waals surface area (Å²) in [5.41, 5.74) is 3.42. The average Bonchev–Trinajstić information content (AvgIpc) is 2.72. The van der Waals surface area contributed by atoms with Crippen LogP contribution in [0.15, 0.2) is 60.2 Å². The van der Waals surface area contributed by atoms with E-state index in [1.54, 1.807) is 18.2 Å². The predicted molar refractivity (Wildman–Crippen MR) is 125 cm³/mol. The minimum absolute atomic E-state index is 0.161. The largest absolute Gasteiger partial charge is 0.489 e. The lowest BCUT2D eigenvalue weighted by molar-refractivity contribution is -0.123. The lowest BCUT2D eigenvalue weighted by Crippen LogP contribution is -2.46. The number of hydrogen-bond acceptors (Lipinski definition) is 4. The van der Waals surface area contributed by atoms with Crippen molar-refractivity contribution in [3.8, 4) is 5.75 Å². The number of carbonyl (C=O) groups is 2. The van der Waals surface area contributed by atoms with Crippen LogP contribution in [0.5, 0.6) is 5.75 Å². The number of hydrazone groups is 1. The smallest absolute Gasteiger partial charge is 0.262 e. The van der Waals surface area contributed by atoms with Crippen molar-refractivity contribution in [3.63, 3.8) is 0 Å². The van der Waals surface area contributed by atoms with Crippen LogP contribution in [0, 0.1) is 5.92 Å². The number of nitrogens with one attached hydrogen (secondary N) is 2. The van der Waals surface area contributed by atoms with Crippen LogP contribution in [0.4, 0.5) is 0 Å². The number of carbonyl (C=O) groups excluding carboxylic acids is 2. The monoisotopic (exact) mass is 461 g/mol. The number of amides is 2. The molecular weight excluding hydrogens is 437 g/mol. The first-order chi connectivity index (χ1) is 14.8. The van der Waals surface area contributed by atoms with Crippen LogP contribution >= 0.6 is 23.2 Å². The lowest BCUT2D eigenvalue weighted by Gasteiger charge is -2.19. The first-order valence-corrected chi connectivity index (χ1v) is 10.5. The van der Waals surface area contributed by atoms with Gasteiger partial charge in [-0.05, 0) is 42.7 Å². The van der Waals surface area contributed by atoms with Gasteiger partial charge in [0, 0.05) is 10.6 Å². The molecule has 0 radical (unpaired) electrons. The summed E-state index contributed by atoms with van der Waals surface area (Å²) in [5.74, 6) is -0.124. The van der Waals surface area contributed by atoms with Gasteiger partial charge in [-0.1, -0.05) is 61.8 Å². The van der Waals surface area contributed by atoms with E-state index < -0.39 is 17.9 Å². The van der Waals surface area contributed by atoms with E-state index in [2.05, 4.69) is 22.4 Å². The molecule has 2 rings (SSSR count). The summed E-state index contributed by atoms with van der Waals surface area (Å²) in [4.78, 5) is 25.3. The fourth-order valence-electron chi connectivity index (χ4n) is 2.72. The van der Waals surface area contributed by atoms with Crippen molar-refractivity contribution in [2.75, 3.05) is 6.61 Å². The van der Waals surface area contributed by atoms with Crippen LogP contribution in [0.25, 0.3) is 0 Å². The van der Waals surface area contributed by atoms with Gasteiger partial charge in [0.25, 0.3) is 11.8 Å². The quantitative estimate of drug-likeness (QED) is 0.301. The highest BCUT2D eigenvalue weighted by Gasteiger charge is 2.23. The zero-order valence-electron chi connectivity index (χ0n) is 17.4. The van der Waals surface area contributed by atoms with Gasteiger partial charge in [0.2, 0.25) is 0 Å². The van der Waals surface area contributed by atoms with E-state index in [9.17, 15) is 9.59 Å². The number of hydrogen-bond donors (Lipinski definition) is 2. The number of halogens is 2. The second-order valence-electron chi connectivity index (χ2n) is 7.15. The average molecular weight is 462 g/mol. The van der Waals surface area contributed by atoms with Crippen molar-refractivity contribution in [2.45, 2.75) is 26.3 Å². The van der Waals surface area contributed by atoms with Gasteiger partial charge in [0.1, 0.15) is 18.4 Å². The maximum absolute atomic E-state index is 12.7. The SMILES string of the molecule is C=CCOc1ccccc1/C=N\NC(=O)[C@@H](CC(C)C)NC(=O)c1ccc(Cl)cc1Cl. The zero-order chi connectivity index (χ0) is 22.8. The van der Waals surface area contributed by atoms with E-state index >= 15 is 0 Å². The van der Waals surface area contributed by atoms with Crippen molar-refractivity contribution < 1.29 is 14.3 Å². The molecule has 6 nitrogen and oxygen atoms in total. The minimum Gasteiger partial charge on any atom is -0.489 e. The number of benzene rings is 2. The van der Waals surface area contributed by atoms with E-state index in [0.717, 1.165) is 0 Å². The summed E-state index contributed by atoms with van der Waals surface area (Å²) in [5, 5.41) is 7.38. The van der Waals surface area contributed by atoms with Crippen molar-refractivity contribution >= 4 is 41.2 Å². The number of rotatable bonds is 10. The molecule has 0 spiro atoms. The third-order valence-electron chi connectivity index (χ3n) is 4.16. The van der Waals surface area contributed by atoms with Gasteiger partial charge in [-0.3, -0.25) is 9.59 Å². The molecule has 0 saturated heterocycles. The molecule has 2 aromatic rings. The van der Waals surface area contributed by atoms with Gasteiger partial charge in [0.05, 0.1) is 16.8 Å². The number of para-hydroxylation sites is 1. The molecule has 0 aliphatic rings. The maximum Gasteiger partial charge on any atom is 0.262 e. The summed E-state index contributed by atoms with van der Waals surface area (Å²) in [7, 11) is 0. The first-order valence-electron chi connectivity index (χ1n) is 9.73. The molecule has 31 heavy (non-hydrogen) atoms. The van der Waals surface area contributed by atoms with Gasteiger partial charge in [-0.2, -0.15) is 5.10 Å². The van der Waals surface area contributed by atoms with Gasteiger partial charge in [-0.15, -0.1) is 0 Å². The first kappa shape index (κ1) is 24.4. The fourth-order valence-corrected chi connectivity index (χ4v) is 3.22. The number of nitrogens with zero attached hydrogens (tertiary/aromatic N) is 1. The summed E-state index contributed by atoms with van der Waals surface area (Å²) in [6, 6.07) is 11.0. The molecule has 0 aliphatic carbocycles. The Morgan fingerprint density at radius 1 is 1.19 bits per heavy atom. The molecule has 0 bridgehead atoms. The molecule has 0 fully saturated rings. The van der Waals surface area contributed by atoms with Crippen LogP contribution in [-0.2, 0) is 4.79 Å². The molecule has 0 aromatic heterocycles. The van der Waals surface area contributed by atoms with Crippen LogP contribution in [0.3, 0.4) is 0 Å². The molecule has 0 unspecified atom stereocenters. The lowest BCUT2D eigenvalue weighted by atomic mass is 10.0. The normalized spacial score (nSPS) is 11.9. The second-order valence-corrected chi connectivity index (χ2v) is 8.00. The van der Waals surface area contributed by atoms with Crippen molar-refractivity contribution in [1.29, 1.82) is 0 Å². The summed E-state index contributed by atoms with van der Waals surface area (Å²) in [6.45, 7) is 7.89. The third-order valence-corrected chi connectivity index (χ3v) is 4.71. The molecule has 2 amide bonds. The summed E-state index contributed by atoms with van der Waals surface area (Å²) in [6.07, 6.45) is 3.56. The van der Waals surface area contributed by atoms with Crippen molar-refractivity contribution in [3.05, 3.63) is 76.3 Å². The Hall–Kier alpha value is -2.83. The topological polar surface area (TPSA) is 79.8 Å². The molecule has 2 aromatic carbocycles. The Balaban J connectivity index is 2.08. The summed E-state index contributed by atoms with van der Waals surface area (Å²) < 4.78 is 5.56. The fraction of sp³-hybridized carbons (Fsp3) is 0.261. The second kappa shape index (κ2) is 12.1.